The second-order valence-electron chi connectivity index (χ2n) is 5.91. The molecule has 1 aliphatic rings. The molecular weight excluding hydrogens is 316 g/mol. The summed E-state index contributed by atoms with van der Waals surface area (Å²) in [7, 11) is 0. The van der Waals surface area contributed by atoms with Gasteiger partial charge in [-0.25, -0.2) is 0 Å². The van der Waals surface area contributed by atoms with Crippen LogP contribution in [0.5, 0.6) is 0 Å². The normalized spacial score (nSPS) is 16.4. The Morgan fingerprint density at radius 1 is 1.16 bits per heavy atom. The minimum atomic E-state index is -0.162. The summed E-state index contributed by atoms with van der Waals surface area (Å²) in [5.74, 6) is -0.135. The van der Waals surface area contributed by atoms with Crippen molar-refractivity contribution in [2.75, 3.05) is 11.9 Å². The number of hydrogen-bond acceptors (Lipinski definition) is 4. The number of nitrogens with zero attached hydrogens (tertiary/aromatic N) is 1. The largest absolute Gasteiger partial charge is 0.356 e. The van der Waals surface area contributed by atoms with Crippen LogP contribution >= 0.6 is 0 Å². The van der Waals surface area contributed by atoms with Crippen LogP contribution in [0.4, 0.5) is 11.4 Å². The van der Waals surface area contributed by atoms with Gasteiger partial charge in [0.25, 0.3) is 5.91 Å². The lowest BCUT2D eigenvalue weighted by atomic mass is 10.1. The van der Waals surface area contributed by atoms with Gasteiger partial charge in [-0.3, -0.25) is 9.59 Å². The van der Waals surface area contributed by atoms with Gasteiger partial charge in [-0.15, -0.1) is 0 Å². The lowest BCUT2D eigenvalue weighted by Gasteiger charge is -2.23. The second-order valence-corrected chi connectivity index (χ2v) is 5.91. The van der Waals surface area contributed by atoms with E-state index < -0.39 is 0 Å². The molecule has 2 amide bonds. The third kappa shape index (κ3) is 4.36. The van der Waals surface area contributed by atoms with E-state index in [2.05, 4.69) is 22.0 Å². The summed E-state index contributed by atoms with van der Waals surface area (Å²) in [5.41, 5.74) is 2.77. The number of benzene rings is 2. The minimum absolute atomic E-state index is 0.0270. The average Bonchev–Trinajstić information content (AvgIpc) is 2.64. The number of anilines is 2. The molecule has 1 fully saturated rings. The molecule has 1 heterocycles. The monoisotopic (exact) mass is 334 g/mol. The van der Waals surface area contributed by atoms with Gasteiger partial charge in [-0.05, 0) is 48.9 Å². The summed E-state index contributed by atoms with van der Waals surface area (Å²) >= 11 is 0. The molecule has 25 heavy (non-hydrogen) atoms. The molecule has 2 aromatic rings. The maximum absolute atomic E-state index is 12.4. The number of hydrogen-bond donors (Lipinski definition) is 3. The molecule has 0 aliphatic carbocycles. The van der Waals surface area contributed by atoms with Crippen molar-refractivity contribution in [2.45, 2.75) is 18.9 Å². The van der Waals surface area contributed by atoms with Crippen molar-refractivity contribution in [1.29, 1.82) is 5.26 Å². The Kier molecular flexibility index (Phi) is 4.95. The zero-order chi connectivity index (χ0) is 17.6. The SMILES string of the molecule is N#Cc1ccc(Nc2cccc(C(=O)N[C@@H]3CCC(=O)NC3)c2)cc1. The van der Waals surface area contributed by atoms with E-state index in [9.17, 15) is 9.59 Å². The molecule has 126 valence electrons. The Morgan fingerprint density at radius 3 is 2.64 bits per heavy atom. The molecule has 1 aliphatic heterocycles. The molecule has 3 N–H and O–H groups in total. The fraction of sp³-hybridized carbons (Fsp3) is 0.211. The Balaban J connectivity index is 1.65. The molecule has 0 unspecified atom stereocenters. The van der Waals surface area contributed by atoms with E-state index in [1.165, 1.54) is 0 Å². The summed E-state index contributed by atoms with van der Waals surface area (Å²) in [5, 5.41) is 17.7. The van der Waals surface area contributed by atoms with Crippen molar-refractivity contribution >= 4 is 23.2 Å². The van der Waals surface area contributed by atoms with Crippen LogP contribution < -0.4 is 16.0 Å². The van der Waals surface area contributed by atoms with E-state index in [1.54, 1.807) is 24.3 Å². The first-order valence-electron chi connectivity index (χ1n) is 8.09. The zero-order valence-electron chi connectivity index (χ0n) is 13.6. The molecule has 0 spiro atoms. The van der Waals surface area contributed by atoms with Gasteiger partial charge in [0, 0.05) is 35.9 Å². The number of amides is 2. The van der Waals surface area contributed by atoms with Gasteiger partial charge in [0.2, 0.25) is 5.91 Å². The molecule has 0 radical (unpaired) electrons. The molecule has 1 atom stereocenters. The number of carbonyl (C=O) groups excluding carboxylic acids is 2. The average molecular weight is 334 g/mol. The van der Waals surface area contributed by atoms with Crippen LogP contribution in [0.15, 0.2) is 48.5 Å². The standard InChI is InChI=1S/C19H18N4O2/c20-11-13-4-6-15(7-5-13)22-16-3-1-2-14(10-16)19(25)23-17-8-9-18(24)21-12-17/h1-7,10,17,22H,8-9,12H2,(H,21,24)(H,23,25)/t17-/m1/s1. The first kappa shape index (κ1) is 16.5. The van der Waals surface area contributed by atoms with E-state index in [4.69, 9.17) is 5.26 Å². The number of rotatable bonds is 4. The Labute approximate surface area is 145 Å². The smallest absolute Gasteiger partial charge is 0.251 e. The predicted octanol–water partition coefficient (Wildman–Crippen LogP) is 2.31. The topological polar surface area (TPSA) is 94.0 Å². The first-order valence-corrected chi connectivity index (χ1v) is 8.09. The van der Waals surface area contributed by atoms with Gasteiger partial charge in [-0.1, -0.05) is 6.07 Å². The predicted molar refractivity (Wildman–Crippen MR) is 94.4 cm³/mol. The fourth-order valence-corrected chi connectivity index (χ4v) is 2.66. The quantitative estimate of drug-likeness (QED) is 0.800. The van der Waals surface area contributed by atoms with E-state index in [0.717, 1.165) is 11.4 Å². The number of carbonyl (C=O) groups is 2. The Bertz CT molecular complexity index is 814. The second kappa shape index (κ2) is 7.49. The van der Waals surface area contributed by atoms with Gasteiger partial charge in [0.1, 0.15) is 0 Å². The molecular formula is C19H18N4O2. The van der Waals surface area contributed by atoms with Crippen molar-refractivity contribution < 1.29 is 9.59 Å². The highest BCUT2D eigenvalue weighted by molar-refractivity contribution is 5.95. The Morgan fingerprint density at radius 2 is 1.96 bits per heavy atom. The molecule has 0 aromatic heterocycles. The van der Waals surface area contributed by atoms with Gasteiger partial charge in [0.05, 0.1) is 11.6 Å². The van der Waals surface area contributed by atoms with Crippen LogP contribution in [0, 0.1) is 11.3 Å². The molecule has 1 saturated heterocycles. The lowest BCUT2D eigenvalue weighted by Crippen LogP contribution is -2.47. The lowest BCUT2D eigenvalue weighted by molar-refractivity contribution is -0.122. The maximum Gasteiger partial charge on any atom is 0.251 e. The highest BCUT2D eigenvalue weighted by atomic mass is 16.2. The van der Waals surface area contributed by atoms with Crippen molar-refractivity contribution in [3.63, 3.8) is 0 Å². The number of nitrogens with one attached hydrogen (secondary N) is 3. The summed E-state index contributed by atoms with van der Waals surface area (Å²) in [6.45, 7) is 0.466. The Hall–Kier alpha value is -3.33. The molecule has 2 aromatic carbocycles. The minimum Gasteiger partial charge on any atom is -0.356 e. The van der Waals surface area contributed by atoms with E-state index >= 15 is 0 Å². The summed E-state index contributed by atoms with van der Waals surface area (Å²) < 4.78 is 0. The third-order valence-corrected chi connectivity index (χ3v) is 4.03. The van der Waals surface area contributed by atoms with Crippen LogP contribution in [0.1, 0.15) is 28.8 Å². The van der Waals surface area contributed by atoms with Crippen LogP contribution in [0.25, 0.3) is 0 Å². The van der Waals surface area contributed by atoms with Crippen LogP contribution in [-0.4, -0.2) is 24.4 Å². The van der Waals surface area contributed by atoms with Gasteiger partial charge < -0.3 is 16.0 Å². The van der Waals surface area contributed by atoms with Crippen LogP contribution in [0.2, 0.25) is 0 Å². The summed E-state index contributed by atoms with van der Waals surface area (Å²) in [6.07, 6.45) is 1.09. The number of nitriles is 1. The molecule has 0 bridgehead atoms. The van der Waals surface area contributed by atoms with E-state index in [0.29, 0.717) is 30.5 Å². The fourth-order valence-electron chi connectivity index (χ4n) is 2.66. The summed E-state index contributed by atoms with van der Waals surface area (Å²) in [6, 6.07) is 16.3. The molecule has 0 saturated carbocycles. The van der Waals surface area contributed by atoms with Gasteiger partial charge >= 0.3 is 0 Å². The van der Waals surface area contributed by atoms with Crippen molar-refractivity contribution in [3.8, 4) is 6.07 Å². The van der Waals surface area contributed by atoms with E-state index in [-0.39, 0.29) is 17.9 Å². The van der Waals surface area contributed by atoms with Crippen molar-refractivity contribution in [3.05, 3.63) is 59.7 Å². The van der Waals surface area contributed by atoms with Gasteiger partial charge in [0.15, 0.2) is 0 Å². The molecule has 6 nitrogen and oxygen atoms in total. The van der Waals surface area contributed by atoms with E-state index in [1.807, 2.05) is 24.3 Å². The van der Waals surface area contributed by atoms with Crippen molar-refractivity contribution in [2.24, 2.45) is 0 Å². The molecule has 3 rings (SSSR count). The third-order valence-electron chi connectivity index (χ3n) is 4.03. The summed E-state index contributed by atoms with van der Waals surface area (Å²) in [4.78, 5) is 23.6. The number of piperidine rings is 1. The van der Waals surface area contributed by atoms with Crippen LogP contribution in [-0.2, 0) is 4.79 Å². The van der Waals surface area contributed by atoms with Crippen molar-refractivity contribution in [1.82, 2.24) is 10.6 Å². The van der Waals surface area contributed by atoms with Gasteiger partial charge in [-0.2, -0.15) is 5.26 Å². The van der Waals surface area contributed by atoms with Crippen LogP contribution in [0.3, 0.4) is 0 Å². The first-order chi connectivity index (χ1) is 12.1. The highest BCUT2D eigenvalue weighted by Gasteiger charge is 2.20. The highest BCUT2D eigenvalue weighted by Crippen LogP contribution is 2.18. The zero-order valence-corrected chi connectivity index (χ0v) is 13.6. The maximum atomic E-state index is 12.4. The molecule has 6 heteroatoms.